The molecule has 0 radical (unpaired) electrons. The zero-order valence-electron chi connectivity index (χ0n) is 15.6. The number of aryl methyl sites for hydroxylation is 2. The number of nitrogens with one attached hydrogen (secondary N) is 1. The van der Waals surface area contributed by atoms with E-state index in [1.165, 1.54) is 9.42 Å². The van der Waals surface area contributed by atoms with Crippen molar-refractivity contribution in [2.75, 3.05) is 4.90 Å². The molecule has 28 heavy (non-hydrogen) atoms. The highest BCUT2D eigenvalue weighted by atomic mass is 16.2. The number of carbonyl (C=O) groups is 1. The number of benzene rings is 2. The molecule has 138 valence electrons. The molecule has 0 unspecified atom stereocenters. The second-order valence-electron chi connectivity index (χ2n) is 7.04. The number of aromatic nitrogens is 3. The minimum absolute atomic E-state index is 0.163. The predicted molar refractivity (Wildman–Crippen MR) is 108 cm³/mol. The Kier molecular flexibility index (Phi) is 3.49. The fraction of sp³-hybridized carbons (Fsp3) is 0.136. The average molecular weight is 370 g/mol. The Morgan fingerprint density at radius 3 is 2.43 bits per heavy atom. The standard InChI is InChI=1S/C22H18N4O2/c1-13-18(15-8-4-3-5-9-15)20-23-14(2)19(22(28)26(20)24-13)25-12-16-10-6-7-11-17(16)21(25)27/h3-11,24H,12H2,1-2H3. The minimum Gasteiger partial charge on any atom is -0.297 e. The van der Waals surface area contributed by atoms with Gasteiger partial charge in [-0.1, -0.05) is 48.5 Å². The van der Waals surface area contributed by atoms with Crippen LogP contribution >= 0.6 is 0 Å². The third-order valence-corrected chi connectivity index (χ3v) is 5.27. The first-order chi connectivity index (χ1) is 13.6. The first kappa shape index (κ1) is 16.5. The number of fused-ring (bicyclic) bond motifs is 2. The molecule has 2 aromatic carbocycles. The van der Waals surface area contributed by atoms with E-state index in [0.717, 1.165) is 22.4 Å². The summed E-state index contributed by atoms with van der Waals surface area (Å²) in [5, 5.41) is 3.12. The highest BCUT2D eigenvalue weighted by molar-refractivity contribution is 6.10. The van der Waals surface area contributed by atoms with E-state index in [2.05, 4.69) is 5.10 Å². The summed E-state index contributed by atoms with van der Waals surface area (Å²) in [7, 11) is 0. The summed E-state index contributed by atoms with van der Waals surface area (Å²) in [6.07, 6.45) is 0. The second kappa shape index (κ2) is 5.92. The number of hydrogen-bond acceptors (Lipinski definition) is 3. The van der Waals surface area contributed by atoms with E-state index in [1.807, 2.05) is 55.5 Å². The molecule has 1 aliphatic heterocycles. The Morgan fingerprint density at radius 1 is 0.964 bits per heavy atom. The SMILES string of the molecule is Cc1nc2c(-c3ccccc3)c(C)[nH]n2c(=O)c1N1Cc2ccccc2C1=O. The zero-order valence-corrected chi connectivity index (χ0v) is 15.6. The molecule has 6 nitrogen and oxygen atoms in total. The highest BCUT2D eigenvalue weighted by Gasteiger charge is 2.32. The zero-order chi connectivity index (χ0) is 19.4. The molecule has 0 aliphatic carbocycles. The van der Waals surface area contributed by atoms with Gasteiger partial charge >= 0.3 is 0 Å². The van der Waals surface area contributed by atoms with Gasteiger partial charge in [0.25, 0.3) is 11.5 Å². The smallest absolute Gasteiger partial charge is 0.296 e. The van der Waals surface area contributed by atoms with Crippen molar-refractivity contribution in [1.29, 1.82) is 0 Å². The number of amides is 1. The Hall–Kier alpha value is -3.67. The average Bonchev–Trinajstić information content (AvgIpc) is 3.20. The number of hydrogen-bond donors (Lipinski definition) is 1. The summed E-state index contributed by atoms with van der Waals surface area (Å²) >= 11 is 0. The Morgan fingerprint density at radius 2 is 1.68 bits per heavy atom. The molecule has 2 aromatic heterocycles. The number of aromatic amines is 1. The van der Waals surface area contributed by atoms with Crippen LogP contribution in [0.5, 0.6) is 0 Å². The van der Waals surface area contributed by atoms with Crippen LogP contribution in [0.15, 0.2) is 59.4 Å². The summed E-state index contributed by atoms with van der Waals surface area (Å²) in [4.78, 5) is 32.4. The van der Waals surface area contributed by atoms with Crippen LogP contribution in [-0.4, -0.2) is 20.5 Å². The van der Waals surface area contributed by atoms with E-state index in [-0.39, 0.29) is 11.5 Å². The van der Waals surface area contributed by atoms with E-state index in [0.29, 0.717) is 29.1 Å². The second-order valence-corrected chi connectivity index (χ2v) is 7.04. The van der Waals surface area contributed by atoms with Gasteiger partial charge in [0.15, 0.2) is 5.65 Å². The number of nitrogens with zero attached hydrogens (tertiary/aromatic N) is 3. The van der Waals surface area contributed by atoms with E-state index in [1.54, 1.807) is 13.0 Å². The summed E-state index contributed by atoms with van der Waals surface area (Å²) < 4.78 is 1.44. The molecule has 1 amide bonds. The lowest BCUT2D eigenvalue weighted by Crippen LogP contribution is -2.32. The summed E-state index contributed by atoms with van der Waals surface area (Å²) in [5.41, 5.74) is 5.45. The van der Waals surface area contributed by atoms with Crippen molar-refractivity contribution < 1.29 is 4.79 Å². The van der Waals surface area contributed by atoms with Crippen LogP contribution in [0, 0.1) is 13.8 Å². The van der Waals surface area contributed by atoms with Gasteiger partial charge in [0.1, 0.15) is 5.69 Å². The highest BCUT2D eigenvalue weighted by Crippen LogP contribution is 2.30. The van der Waals surface area contributed by atoms with Crippen LogP contribution < -0.4 is 10.5 Å². The molecule has 3 heterocycles. The van der Waals surface area contributed by atoms with Crippen LogP contribution in [-0.2, 0) is 6.54 Å². The van der Waals surface area contributed by atoms with Gasteiger partial charge in [0.2, 0.25) is 0 Å². The molecular formula is C22H18N4O2. The van der Waals surface area contributed by atoms with Crippen molar-refractivity contribution in [2.45, 2.75) is 20.4 Å². The molecule has 0 saturated heterocycles. The van der Waals surface area contributed by atoms with Gasteiger partial charge in [-0.2, -0.15) is 4.52 Å². The molecule has 0 spiro atoms. The van der Waals surface area contributed by atoms with Crippen molar-refractivity contribution in [2.24, 2.45) is 0 Å². The maximum Gasteiger partial charge on any atom is 0.296 e. The quantitative estimate of drug-likeness (QED) is 0.587. The number of carbonyl (C=O) groups excluding carboxylic acids is 1. The molecule has 0 bridgehead atoms. The fourth-order valence-corrected chi connectivity index (χ4v) is 3.98. The normalized spacial score (nSPS) is 13.4. The van der Waals surface area contributed by atoms with Crippen LogP contribution in [0.3, 0.4) is 0 Å². The molecule has 5 rings (SSSR count). The molecule has 0 saturated carbocycles. The van der Waals surface area contributed by atoms with Gasteiger partial charge in [-0.05, 0) is 31.0 Å². The summed E-state index contributed by atoms with van der Waals surface area (Å²) in [6, 6.07) is 17.3. The molecule has 6 heteroatoms. The van der Waals surface area contributed by atoms with E-state index in [9.17, 15) is 9.59 Å². The molecular weight excluding hydrogens is 352 g/mol. The molecule has 0 atom stereocenters. The molecule has 4 aromatic rings. The minimum atomic E-state index is -0.270. The monoisotopic (exact) mass is 370 g/mol. The maximum atomic E-state index is 13.3. The van der Waals surface area contributed by atoms with Crippen LogP contribution in [0.25, 0.3) is 16.8 Å². The first-order valence-electron chi connectivity index (χ1n) is 9.13. The fourth-order valence-electron chi connectivity index (χ4n) is 3.98. The van der Waals surface area contributed by atoms with Gasteiger partial charge in [0.05, 0.1) is 12.2 Å². The molecule has 0 fully saturated rings. The summed E-state index contributed by atoms with van der Waals surface area (Å²) in [6.45, 7) is 4.08. The van der Waals surface area contributed by atoms with E-state index in [4.69, 9.17) is 4.98 Å². The first-order valence-corrected chi connectivity index (χ1v) is 9.13. The maximum absolute atomic E-state index is 13.3. The third-order valence-electron chi connectivity index (χ3n) is 5.27. The topological polar surface area (TPSA) is 70.5 Å². The van der Waals surface area contributed by atoms with E-state index >= 15 is 0 Å². The Labute approximate surface area is 161 Å². The Bertz CT molecular complexity index is 1300. The van der Waals surface area contributed by atoms with Gasteiger partial charge in [-0.3, -0.25) is 19.6 Å². The van der Waals surface area contributed by atoms with Gasteiger partial charge in [-0.25, -0.2) is 4.98 Å². The van der Waals surface area contributed by atoms with Crippen molar-refractivity contribution in [3.05, 3.63) is 87.5 Å². The Balaban J connectivity index is 1.72. The summed E-state index contributed by atoms with van der Waals surface area (Å²) in [5.74, 6) is -0.163. The molecule has 1 N–H and O–H groups in total. The van der Waals surface area contributed by atoms with E-state index < -0.39 is 0 Å². The lowest BCUT2D eigenvalue weighted by Gasteiger charge is -2.17. The largest absolute Gasteiger partial charge is 0.297 e. The predicted octanol–water partition coefficient (Wildman–Crippen LogP) is 3.47. The van der Waals surface area contributed by atoms with Crippen LogP contribution in [0.4, 0.5) is 5.69 Å². The van der Waals surface area contributed by atoms with Crippen molar-refractivity contribution in [3.8, 4) is 11.1 Å². The van der Waals surface area contributed by atoms with Gasteiger partial charge < -0.3 is 0 Å². The number of H-pyrrole nitrogens is 1. The van der Waals surface area contributed by atoms with Gasteiger partial charge in [0, 0.05) is 16.8 Å². The van der Waals surface area contributed by atoms with Crippen molar-refractivity contribution in [1.82, 2.24) is 14.6 Å². The number of anilines is 1. The number of rotatable bonds is 2. The van der Waals surface area contributed by atoms with Crippen LogP contribution in [0.2, 0.25) is 0 Å². The third kappa shape index (κ3) is 2.24. The van der Waals surface area contributed by atoms with Gasteiger partial charge in [-0.15, -0.1) is 0 Å². The molecule has 1 aliphatic rings. The van der Waals surface area contributed by atoms with Crippen LogP contribution in [0.1, 0.15) is 27.3 Å². The lowest BCUT2D eigenvalue weighted by atomic mass is 10.1. The van der Waals surface area contributed by atoms with Crippen molar-refractivity contribution >= 4 is 17.2 Å². The van der Waals surface area contributed by atoms with Crippen molar-refractivity contribution in [3.63, 3.8) is 0 Å². The lowest BCUT2D eigenvalue weighted by molar-refractivity contribution is 0.0996.